The largest absolute Gasteiger partial charge is 0.361 e. The van der Waals surface area contributed by atoms with Crippen molar-refractivity contribution >= 4 is 22.7 Å². The third kappa shape index (κ3) is 3.59. The lowest BCUT2D eigenvalue weighted by Crippen LogP contribution is -2.52. The highest BCUT2D eigenvalue weighted by atomic mass is 16.2. The number of aromatic amines is 1. The number of fused-ring (bicyclic) bond motifs is 1. The smallest absolute Gasteiger partial charge is 0.311 e. The Kier molecular flexibility index (Phi) is 5.15. The molecule has 0 radical (unpaired) electrons. The lowest BCUT2D eigenvalue weighted by molar-refractivity contribution is -0.146. The monoisotopic (exact) mass is 328 g/mol. The summed E-state index contributed by atoms with van der Waals surface area (Å²) in [6.45, 7) is 6.48. The van der Waals surface area contributed by atoms with Gasteiger partial charge in [-0.05, 0) is 24.6 Å². The zero-order valence-electron chi connectivity index (χ0n) is 14.0. The number of benzene rings is 1. The minimum absolute atomic E-state index is 0.412. The van der Waals surface area contributed by atoms with Crippen molar-refractivity contribution in [1.82, 2.24) is 20.1 Å². The molecule has 0 aliphatic carbocycles. The quantitative estimate of drug-likeness (QED) is 0.823. The first-order valence-electron chi connectivity index (χ1n) is 8.53. The Morgan fingerprint density at radius 3 is 2.67 bits per heavy atom. The Morgan fingerprint density at radius 1 is 1.17 bits per heavy atom. The van der Waals surface area contributed by atoms with Gasteiger partial charge in [0.2, 0.25) is 0 Å². The average molecular weight is 328 g/mol. The molecule has 1 aliphatic heterocycles. The van der Waals surface area contributed by atoms with E-state index in [1.165, 1.54) is 0 Å². The number of likely N-dealkylation sites (N-methyl/N-ethyl adjacent to an activating group) is 1. The van der Waals surface area contributed by atoms with Crippen LogP contribution in [-0.2, 0) is 16.0 Å². The van der Waals surface area contributed by atoms with E-state index in [1.807, 2.05) is 24.4 Å². The first-order valence-corrected chi connectivity index (χ1v) is 8.53. The fraction of sp³-hybridized carbons (Fsp3) is 0.444. The molecule has 2 aromatic rings. The van der Waals surface area contributed by atoms with Crippen molar-refractivity contribution in [2.45, 2.75) is 13.3 Å². The number of nitrogens with one attached hydrogen (secondary N) is 2. The molecule has 0 saturated carbocycles. The van der Waals surface area contributed by atoms with E-state index in [0.717, 1.165) is 36.1 Å². The molecule has 24 heavy (non-hydrogen) atoms. The first-order chi connectivity index (χ1) is 11.7. The number of para-hydroxylation sites is 1. The molecule has 128 valence electrons. The third-order valence-electron chi connectivity index (χ3n) is 4.66. The van der Waals surface area contributed by atoms with E-state index in [2.05, 4.69) is 28.2 Å². The average Bonchev–Trinajstić information content (AvgIpc) is 3.04. The van der Waals surface area contributed by atoms with Gasteiger partial charge in [0.15, 0.2) is 0 Å². The lowest BCUT2D eigenvalue weighted by atomic mass is 10.1. The molecule has 6 nitrogen and oxygen atoms in total. The Morgan fingerprint density at radius 2 is 1.92 bits per heavy atom. The minimum Gasteiger partial charge on any atom is -0.361 e. The predicted octanol–water partition coefficient (Wildman–Crippen LogP) is 0.991. The molecule has 2 N–H and O–H groups in total. The van der Waals surface area contributed by atoms with E-state index < -0.39 is 11.8 Å². The van der Waals surface area contributed by atoms with E-state index in [4.69, 9.17) is 0 Å². The zero-order valence-corrected chi connectivity index (χ0v) is 14.0. The number of hydrogen-bond acceptors (Lipinski definition) is 3. The second kappa shape index (κ2) is 7.49. The van der Waals surface area contributed by atoms with Crippen LogP contribution in [0.5, 0.6) is 0 Å². The topological polar surface area (TPSA) is 68.4 Å². The van der Waals surface area contributed by atoms with Crippen molar-refractivity contribution in [2.75, 3.05) is 39.3 Å². The van der Waals surface area contributed by atoms with Crippen molar-refractivity contribution in [3.63, 3.8) is 0 Å². The highest BCUT2D eigenvalue weighted by Gasteiger charge is 2.25. The molecule has 2 amide bonds. The molecule has 1 aromatic heterocycles. The van der Waals surface area contributed by atoms with Gasteiger partial charge >= 0.3 is 11.8 Å². The van der Waals surface area contributed by atoms with Gasteiger partial charge in [0, 0.05) is 49.8 Å². The fourth-order valence-corrected chi connectivity index (χ4v) is 3.14. The normalized spacial score (nSPS) is 15.6. The van der Waals surface area contributed by atoms with Crippen LogP contribution in [0.1, 0.15) is 12.5 Å². The Balaban J connectivity index is 1.48. The zero-order chi connectivity index (χ0) is 16.9. The van der Waals surface area contributed by atoms with Gasteiger partial charge in [-0.25, -0.2) is 0 Å². The van der Waals surface area contributed by atoms with Gasteiger partial charge in [0.05, 0.1) is 0 Å². The Bertz CT molecular complexity index is 717. The molecule has 1 aromatic carbocycles. The second-order valence-electron chi connectivity index (χ2n) is 6.09. The van der Waals surface area contributed by atoms with Crippen molar-refractivity contribution in [1.29, 1.82) is 0 Å². The standard InChI is InChI=1S/C18H24N4O2/c1-2-21-9-11-22(12-10-21)18(24)17(23)19-8-7-14-13-20-16-6-4-3-5-15(14)16/h3-6,13,20H,2,7-12H2,1H3,(H,19,23). The van der Waals surface area contributed by atoms with E-state index in [0.29, 0.717) is 26.1 Å². The van der Waals surface area contributed by atoms with Gasteiger partial charge in [-0.3, -0.25) is 9.59 Å². The molecule has 2 heterocycles. The minimum atomic E-state index is -0.500. The lowest BCUT2D eigenvalue weighted by Gasteiger charge is -2.33. The third-order valence-corrected chi connectivity index (χ3v) is 4.66. The first kappa shape index (κ1) is 16.5. The van der Waals surface area contributed by atoms with Crippen LogP contribution in [0, 0.1) is 0 Å². The predicted molar refractivity (Wildman–Crippen MR) is 93.7 cm³/mol. The van der Waals surface area contributed by atoms with E-state index in [-0.39, 0.29) is 0 Å². The van der Waals surface area contributed by atoms with Crippen LogP contribution in [-0.4, -0.2) is 65.9 Å². The Labute approximate surface area is 141 Å². The van der Waals surface area contributed by atoms with Crippen LogP contribution in [0.15, 0.2) is 30.5 Å². The van der Waals surface area contributed by atoms with E-state index >= 15 is 0 Å². The van der Waals surface area contributed by atoms with Crippen molar-refractivity contribution in [3.8, 4) is 0 Å². The summed E-state index contributed by atoms with van der Waals surface area (Å²) in [7, 11) is 0. The second-order valence-corrected chi connectivity index (χ2v) is 6.09. The summed E-state index contributed by atoms with van der Waals surface area (Å²) in [5, 5.41) is 3.91. The molecular formula is C18H24N4O2. The van der Waals surface area contributed by atoms with Crippen molar-refractivity contribution in [2.24, 2.45) is 0 Å². The highest BCUT2D eigenvalue weighted by molar-refractivity contribution is 6.35. The van der Waals surface area contributed by atoms with Gasteiger partial charge in [-0.2, -0.15) is 0 Å². The SMILES string of the molecule is CCN1CCN(C(=O)C(=O)NCCc2c[nH]c3ccccc23)CC1. The molecule has 6 heteroatoms. The number of rotatable bonds is 4. The summed E-state index contributed by atoms with van der Waals surface area (Å²) >= 11 is 0. The molecule has 1 aliphatic rings. The van der Waals surface area contributed by atoms with Crippen molar-refractivity contribution in [3.05, 3.63) is 36.0 Å². The summed E-state index contributed by atoms with van der Waals surface area (Å²) in [5.41, 5.74) is 2.23. The van der Waals surface area contributed by atoms with Crippen LogP contribution in [0.2, 0.25) is 0 Å². The number of H-pyrrole nitrogens is 1. The summed E-state index contributed by atoms with van der Waals surface area (Å²) in [6, 6.07) is 8.07. The molecule has 0 bridgehead atoms. The summed E-state index contributed by atoms with van der Waals surface area (Å²) in [6.07, 6.45) is 2.66. The summed E-state index contributed by atoms with van der Waals surface area (Å²) in [4.78, 5) is 31.4. The molecular weight excluding hydrogens is 304 g/mol. The maximum atomic E-state index is 12.2. The highest BCUT2D eigenvalue weighted by Crippen LogP contribution is 2.17. The number of amides is 2. The van der Waals surface area contributed by atoms with Gasteiger partial charge in [0.1, 0.15) is 0 Å². The summed E-state index contributed by atoms with van der Waals surface area (Å²) in [5.74, 6) is -0.913. The number of carbonyl (C=O) groups excluding carboxylic acids is 2. The van der Waals surface area contributed by atoms with Gasteiger partial charge in [-0.15, -0.1) is 0 Å². The van der Waals surface area contributed by atoms with E-state index in [9.17, 15) is 9.59 Å². The molecule has 0 atom stereocenters. The van der Waals surface area contributed by atoms with Crippen LogP contribution >= 0.6 is 0 Å². The van der Waals surface area contributed by atoms with Crippen LogP contribution in [0.4, 0.5) is 0 Å². The number of nitrogens with zero attached hydrogens (tertiary/aromatic N) is 2. The molecule has 3 rings (SSSR count). The summed E-state index contributed by atoms with van der Waals surface area (Å²) < 4.78 is 0. The molecule has 1 fully saturated rings. The number of carbonyl (C=O) groups is 2. The van der Waals surface area contributed by atoms with Crippen molar-refractivity contribution < 1.29 is 9.59 Å². The number of piperazine rings is 1. The van der Waals surface area contributed by atoms with Crippen LogP contribution < -0.4 is 5.32 Å². The molecule has 0 spiro atoms. The van der Waals surface area contributed by atoms with Crippen LogP contribution in [0.25, 0.3) is 10.9 Å². The molecule has 0 unspecified atom stereocenters. The van der Waals surface area contributed by atoms with Gasteiger partial charge < -0.3 is 20.1 Å². The maximum Gasteiger partial charge on any atom is 0.311 e. The van der Waals surface area contributed by atoms with Crippen LogP contribution in [0.3, 0.4) is 0 Å². The van der Waals surface area contributed by atoms with Gasteiger partial charge in [0.25, 0.3) is 0 Å². The fourth-order valence-electron chi connectivity index (χ4n) is 3.14. The maximum absolute atomic E-state index is 12.2. The van der Waals surface area contributed by atoms with Gasteiger partial charge in [-0.1, -0.05) is 25.1 Å². The van der Waals surface area contributed by atoms with E-state index in [1.54, 1.807) is 4.90 Å². The number of hydrogen-bond donors (Lipinski definition) is 2. The Hall–Kier alpha value is -2.34. The number of aromatic nitrogens is 1. The molecule has 1 saturated heterocycles.